The Balaban J connectivity index is 1.38. The molecule has 0 atom stereocenters. The van der Waals surface area contributed by atoms with Gasteiger partial charge in [-0.1, -0.05) is 66.2 Å². The third kappa shape index (κ3) is 4.37. The van der Waals surface area contributed by atoms with Crippen molar-refractivity contribution in [2.45, 2.75) is 13.5 Å². The molecule has 3 aromatic heterocycles. The zero-order chi connectivity index (χ0) is 27.9. The van der Waals surface area contributed by atoms with E-state index in [9.17, 15) is 4.79 Å². The number of rotatable bonds is 6. The molecule has 0 saturated carbocycles. The molecule has 7 aromatic rings. The van der Waals surface area contributed by atoms with Crippen LogP contribution in [0.5, 0.6) is 5.75 Å². The number of aromatic nitrogens is 3. The van der Waals surface area contributed by atoms with Crippen LogP contribution in [0.1, 0.15) is 16.7 Å². The maximum absolute atomic E-state index is 13.8. The van der Waals surface area contributed by atoms with Gasteiger partial charge in [-0.15, -0.1) is 0 Å². The summed E-state index contributed by atoms with van der Waals surface area (Å²) in [6.07, 6.45) is 3.79. The second-order valence-electron chi connectivity index (χ2n) is 10.0. The van der Waals surface area contributed by atoms with Gasteiger partial charge in [0, 0.05) is 29.2 Å². The molecule has 0 fully saturated rings. The summed E-state index contributed by atoms with van der Waals surface area (Å²) in [5.74, 6) is 1.41. The summed E-state index contributed by atoms with van der Waals surface area (Å²) in [6.45, 7) is 2.81. The van der Waals surface area contributed by atoms with Crippen molar-refractivity contribution in [2.24, 2.45) is 5.10 Å². The normalized spacial score (nSPS) is 11.8. The maximum Gasteiger partial charge on any atom is 0.282 e. The van der Waals surface area contributed by atoms with Crippen LogP contribution in [0.3, 0.4) is 0 Å². The van der Waals surface area contributed by atoms with Crippen LogP contribution in [-0.4, -0.2) is 27.6 Å². The van der Waals surface area contributed by atoms with Crippen molar-refractivity contribution in [3.8, 4) is 17.3 Å². The number of nitrogens with zero attached hydrogens (tertiary/aromatic N) is 4. The van der Waals surface area contributed by atoms with Gasteiger partial charge in [-0.05, 0) is 48.9 Å². The molecule has 0 radical (unpaired) electrons. The Morgan fingerprint density at radius 1 is 0.902 bits per heavy atom. The van der Waals surface area contributed by atoms with Crippen molar-refractivity contribution in [2.75, 3.05) is 7.11 Å². The fourth-order valence-corrected chi connectivity index (χ4v) is 5.23. The predicted octanol–water partition coefficient (Wildman–Crippen LogP) is 7.01. The van der Waals surface area contributed by atoms with Gasteiger partial charge in [0.1, 0.15) is 11.3 Å². The number of benzene rings is 4. The largest absolute Gasteiger partial charge is 0.496 e. The molecule has 0 aliphatic rings. The van der Waals surface area contributed by atoms with Crippen molar-refractivity contribution in [1.82, 2.24) is 14.2 Å². The van der Waals surface area contributed by atoms with Crippen LogP contribution in [0.15, 0.2) is 118 Å². The highest BCUT2D eigenvalue weighted by molar-refractivity contribution is 5.99. The van der Waals surface area contributed by atoms with Gasteiger partial charge < -0.3 is 13.7 Å². The lowest BCUT2D eigenvalue weighted by Gasteiger charge is -2.07. The highest BCUT2D eigenvalue weighted by atomic mass is 16.5. The molecule has 0 amide bonds. The van der Waals surface area contributed by atoms with Crippen LogP contribution in [0, 0.1) is 6.92 Å². The van der Waals surface area contributed by atoms with Gasteiger partial charge in [0.2, 0.25) is 5.82 Å². The Bertz CT molecular complexity index is 2150. The number of furan rings is 1. The van der Waals surface area contributed by atoms with Gasteiger partial charge in [0.15, 0.2) is 5.76 Å². The molecule has 3 heterocycles. The predicted molar refractivity (Wildman–Crippen MR) is 163 cm³/mol. The van der Waals surface area contributed by atoms with E-state index in [1.807, 2.05) is 54.6 Å². The third-order valence-corrected chi connectivity index (χ3v) is 7.32. The second kappa shape index (κ2) is 9.95. The van der Waals surface area contributed by atoms with Crippen LogP contribution in [0.2, 0.25) is 0 Å². The molecule has 0 saturated heterocycles. The standard InChI is InChI=1S/C34H26N4O3/c1-22-14-16-23(17-15-22)20-37-21-24(25-8-4-6-11-29(25)37)19-35-38-33(36-28-10-5-3-9-26(28)34(38)39)32-18-27-30(40-2)12-7-13-31(27)41-32/h3-19,21H,20H2,1-2H3. The first kappa shape index (κ1) is 24.6. The van der Waals surface area contributed by atoms with Crippen LogP contribution < -0.4 is 10.3 Å². The van der Waals surface area contributed by atoms with E-state index in [4.69, 9.17) is 19.2 Å². The first-order valence-electron chi connectivity index (χ1n) is 13.4. The van der Waals surface area contributed by atoms with E-state index >= 15 is 0 Å². The van der Waals surface area contributed by atoms with Crippen molar-refractivity contribution in [3.05, 3.63) is 130 Å². The number of hydrogen-bond donors (Lipinski definition) is 0. The van der Waals surface area contributed by atoms with Gasteiger partial charge in [0.05, 0.1) is 29.6 Å². The third-order valence-electron chi connectivity index (χ3n) is 7.32. The highest BCUT2D eigenvalue weighted by Crippen LogP contribution is 2.33. The summed E-state index contributed by atoms with van der Waals surface area (Å²) < 4.78 is 15.2. The van der Waals surface area contributed by atoms with Gasteiger partial charge in [-0.25, -0.2) is 4.98 Å². The van der Waals surface area contributed by atoms with Crippen LogP contribution in [0.4, 0.5) is 0 Å². The average Bonchev–Trinajstić information content (AvgIpc) is 3.59. The Morgan fingerprint density at radius 2 is 1.68 bits per heavy atom. The second-order valence-corrected chi connectivity index (χ2v) is 10.0. The fourth-order valence-electron chi connectivity index (χ4n) is 5.23. The number of hydrogen-bond acceptors (Lipinski definition) is 5. The zero-order valence-electron chi connectivity index (χ0n) is 22.6. The molecule has 200 valence electrons. The Hall–Kier alpha value is -5.43. The van der Waals surface area contributed by atoms with E-state index in [0.29, 0.717) is 33.8 Å². The van der Waals surface area contributed by atoms with Crippen molar-refractivity contribution < 1.29 is 9.15 Å². The zero-order valence-corrected chi connectivity index (χ0v) is 22.6. The number of para-hydroxylation sites is 2. The summed E-state index contributed by atoms with van der Waals surface area (Å²) >= 11 is 0. The minimum absolute atomic E-state index is 0.280. The van der Waals surface area contributed by atoms with E-state index in [1.165, 1.54) is 15.8 Å². The molecule has 0 bridgehead atoms. The molecule has 7 heteroatoms. The molecule has 7 nitrogen and oxygen atoms in total. The Kier molecular flexibility index (Phi) is 5.97. The summed E-state index contributed by atoms with van der Waals surface area (Å²) in [6, 6.07) is 31.4. The van der Waals surface area contributed by atoms with Crippen LogP contribution in [-0.2, 0) is 6.54 Å². The van der Waals surface area contributed by atoms with E-state index < -0.39 is 0 Å². The number of aryl methyl sites for hydroxylation is 1. The fraction of sp³-hybridized carbons (Fsp3) is 0.0882. The molecule has 0 spiro atoms. The molecule has 41 heavy (non-hydrogen) atoms. The summed E-state index contributed by atoms with van der Waals surface area (Å²) in [4.78, 5) is 18.6. The lowest BCUT2D eigenvalue weighted by molar-refractivity contribution is 0.419. The smallest absolute Gasteiger partial charge is 0.282 e. The minimum Gasteiger partial charge on any atom is -0.496 e. The topological polar surface area (TPSA) is 74.6 Å². The highest BCUT2D eigenvalue weighted by Gasteiger charge is 2.18. The van der Waals surface area contributed by atoms with E-state index in [1.54, 1.807) is 19.4 Å². The molecular weight excluding hydrogens is 512 g/mol. The Morgan fingerprint density at radius 3 is 2.51 bits per heavy atom. The lowest BCUT2D eigenvalue weighted by Crippen LogP contribution is -2.20. The SMILES string of the molecule is COc1cccc2oc(-c3nc4ccccc4c(=O)n3N=Cc3cn(Cc4ccc(C)cc4)c4ccccc34)cc12. The molecule has 4 aromatic carbocycles. The quantitative estimate of drug-likeness (QED) is 0.214. The molecule has 0 unspecified atom stereocenters. The molecule has 0 aliphatic carbocycles. The van der Waals surface area contributed by atoms with Gasteiger partial charge in [0.25, 0.3) is 5.56 Å². The summed E-state index contributed by atoms with van der Waals surface area (Å²) in [7, 11) is 1.62. The summed E-state index contributed by atoms with van der Waals surface area (Å²) in [5.41, 5.74) is 5.34. The minimum atomic E-state index is -0.280. The number of methoxy groups -OCH3 is 1. The van der Waals surface area contributed by atoms with Gasteiger partial charge in [-0.3, -0.25) is 4.79 Å². The Labute approximate surface area is 235 Å². The number of ether oxygens (including phenoxy) is 1. The van der Waals surface area contributed by atoms with E-state index in [-0.39, 0.29) is 5.56 Å². The van der Waals surface area contributed by atoms with E-state index in [2.05, 4.69) is 54.1 Å². The summed E-state index contributed by atoms with van der Waals surface area (Å²) in [5, 5.41) is 7.02. The average molecular weight is 539 g/mol. The van der Waals surface area contributed by atoms with Crippen molar-refractivity contribution >= 4 is 39.0 Å². The maximum atomic E-state index is 13.8. The first-order valence-corrected chi connectivity index (χ1v) is 13.4. The monoisotopic (exact) mass is 538 g/mol. The molecular formula is C34H26N4O3. The van der Waals surface area contributed by atoms with Gasteiger partial charge >= 0.3 is 0 Å². The number of fused-ring (bicyclic) bond motifs is 3. The van der Waals surface area contributed by atoms with Crippen molar-refractivity contribution in [1.29, 1.82) is 0 Å². The van der Waals surface area contributed by atoms with Gasteiger partial charge in [-0.2, -0.15) is 9.78 Å². The van der Waals surface area contributed by atoms with Crippen LogP contribution >= 0.6 is 0 Å². The molecule has 0 N–H and O–H groups in total. The lowest BCUT2D eigenvalue weighted by atomic mass is 10.1. The molecule has 0 aliphatic heterocycles. The van der Waals surface area contributed by atoms with Crippen LogP contribution in [0.25, 0.3) is 44.4 Å². The first-order chi connectivity index (χ1) is 20.1. The molecule has 7 rings (SSSR count). The van der Waals surface area contributed by atoms with Crippen molar-refractivity contribution in [3.63, 3.8) is 0 Å². The van der Waals surface area contributed by atoms with E-state index in [0.717, 1.165) is 28.4 Å².